The predicted molar refractivity (Wildman–Crippen MR) is 317 cm³/mol. The van der Waals surface area contributed by atoms with Gasteiger partial charge in [0.25, 0.3) is 0 Å². The van der Waals surface area contributed by atoms with E-state index in [0.29, 0.717) is 0 Å². The molecular formula is C73H49N3. The number of hydrogen-bond donors (Lipinski definition) is 0. The summed E-state index contributed by atoms with van der Waals surface area (Å²) in [5.74, 6) is 0. The first-order valence-electron chi connectivity index (χ1n) is 26.3. The third kappa shape index (κ3) is 6.69. The van der Waals surface area contributed by atoms with Crippen molar-refractivity contribution in [3.8, 4) is 50.2 Å². The first kappa shape index (κ1) is 43.6. The number of para-hydroxylation sites is 6. The molecule has 3 nitrogen and oxygen atoms in total. The Morgan fingerprint density at radius 3 is 1.49 bits per heavy atom. The number of fused-ring (bicyclic) bond motifs is 12. The second kappa shape index (κ2) is 17.6. The first-order valence-corrected chi connectivity index (χ1v) is 26.3. The van der Waals surface area contributed by atoms with Crippen LogP contribution in [0.25, 0.3) is 72.0 Å². The molecular weight excluding hydrogens is 919 g/mol. The van der Waals surface area contributed by atoms with Crippen LogP contribution in [-0.4, -0.2) is 4.57 Å². The largest absolute Gasteiger partial charge is 0.310 e. The van der Waals surface area contributed by atoms with E-state index in [1.165, 1.54) is 83.3 Å². The van der Waals surface area contributed by atoms with Gasteiger partial charge in [0.1, 0.15) is 0 Å². The monoisotopic (exact) mass is 967 g/mol. The van der Waals surface area contributed by atoms with E-state index >= 15 is 0 Å². The van der Waals surface area contributed by atoms with E-state index in [9.17, 15) is 0 Å². The van der Waals surface area contributed by atoms with Crippen LogP contribution in [0.5, 0.6) is 0 Å². The minimum atomic E-state index is -0.606. The van der Waals surface area contributed by atoms with Gasteiger partial charge in [-0.05, 0) is 146 Å². The molecule has 0 radical (unpaired) electrons. The maximum absolute atomic E-state index is 2.50. The minimum Gasteiger partial charge on any atom is -0.310 e. The van der Waals surface area contributed by atoms with Crippen LogP contribution in [-0.2, 0) is 5.41 Å². The summed E-state index contributed by atoms with van der Waals surface area (Å²) in [5, 5.41) is 2.48. The van der Waals surface area contributed by atoms with Gasteiger partial charge in [0, 0.05) is 39.1 Å². The Hall–Kier alpha value is -9.96. The normalized spacial score (nSPS) is 12.8. The van der Waals surface area contributed by atoms with Crippen LogP contribution in [0.15, 0.2) is 297 Å². The van der Waals surface area contributed by atoms with Crippen molar-refractivity contribution in [1.82, 2.24) is 4.57 Å². The highest BCUT2D eigenvalue weighted by atomic mass is 15.2. The van der Waals surface area contributed by atoms with E-state index in [1.54, 1.807) is 0 Å². The molecule has 356 valence electrons. The van der Waals surface area contributed by atoms with Gasteiger partial charge in [0.15, 0.2) is 0 Å². The van der Waals surface area contributed by atoms with E-state index in [2.05, 4.69) is 312 Å². The fourth-order valence-electron chi connectivity index (χ4n) is 12.7. The lowest BCUT2D eigenvalue weighted by Gasteiger charge is -2.45. The van der Waals surface area contributed by atoms with Crippen molar-refractivity contribution in [3.05, 3.63) is 320 Å². The topological polar surface area (TPSA) is 11.4 Å². The summed E-state index contributed by atoms with van der Waals surface area (Å²) in [4.78, 5) is 4.93. The molecule has 0 N–H and O–H groups in total. The molecule has 1 spiro atoms. The fourth-order valence-corrected chi connectivity index (χ4v) is 12.7. The van der Waals surface area contributed by atoms with E-state index < -0.39 is 5.41 Å². The third-order valence-electron chi connectivity index (χ3n) is 16.0. The minimum absolute atomic E-state index is 0.606. The Balaban J connectivity index is 0.923. The van der Waals surface area contributed by atoms with Gasteiger partial charge in [0.2, 0.25) is 0 Å². The zero-order valence-corrected chi connectivity index (χ0v) is 41.6. The van der Waals surface area contributed by atoms with Gasteiger partial charge >= 0.3 is 0 Å². The highest BCUT2D eigenvalue weighted by molar-refractivity contribution is 6.10. The van der Waals surface area contributed by atoms with Crippen molar-refractivity contribution in [2.75, 3.05) is 9.80 Å². The molecule has 0 amide bonds. The molecule has 3 heteroatoms. The molecule has 0 saturated carbocycles. The van der Waals surface area contributed by atoms with Crippen molar-refractivity contribution in [3.63, 3.8) is 0 Å². The van der Waals surface area contributed by atoms with Gasteiger partial charge in [-0.3, -0.25) is 0 Å². The number of aromatic nitrogens is 1. The van der Waals surface area contributed by atoms with E-state index in [-0.39, 0.29) is 0 Å². The maximum Gasteiger partial charge on any atom is 0.0755 e. The second-order valence-corrected chi connectivity index (χ2v) is 20.0. The highest BCUT2D eigenvalue weighted by Crippen LogP contribution is 2.64. The van der Waals surface area contributed by atoms with Crippen LogP contribution in [0.3, 0.4) is 0 Å². The van der Waals surface area contributed by atoms with E-state index in [4.69, 9.17) is 0 Å². The summed E-state index contributed by atoms with van der Waals surface area (Å²) in [6.07, 6.45) is 0. The van der Waals surface area contributed by atoms with Gasteiger partial charge < -0.3 is 14.4 Å². The molecule has 2 aliphatic rings. The Morgan fingerprint density at radius 2 is 0.763 bits per heavy atom. The van der Waals surface area contributed by atoms with Crippen molar-refractivity contribution < 1.29 is 0 Å². The molecule has 1 aliphatic carbocycles. The summed E-state index contributed by atoms with van der Waals surface area (Å²) in [7, 11) is 0. The quantitative estimate of drug-likeness (QED) is 0.150. The molecule has 13 aromatic rings. The molecule has 0 bridgehead atoms. The zero-order valence-electron chi connectivity index (χ0n) is 41.6. The summed E-state index contributed by atoms with van der Waals surface area (Å²) in [6, 6.07) is 109. The zero-order chi connectivity index (χ0) is 50.2. The standard InChI is InChI=1S/C73H49N3/c1-4-20-50(21-5-1)51-36-38-53(39-37-51)59-26-11-16-32-68(59)74(57-43-40-52(41-44-57)54-42-47-70-63(48-54)62-28-12-17-33-69(62)75(70)55-22-6-2-7-23-55)58-45-46-61-60-27-10-13-29-64(60)73(67(61)49-58)65-30-14-18-34-71(65)76(56-24-8-3-9-25-56)72-35-19-15-31-66(72)73/h1-49H. The number of rotatable bonds is 8. The average molecular weight is 968 g/mol. The number of benzene rings is 12. The summed E-state index contributed by atoms with van der Waals surface area (Å²) < 4.78 is 2.38. The third-order valence-corrected chi connectivity index (χ3v) is 16.0. The van der Waals surface area contributed by atoms with Crippen molar-refractivity contribution in [1.29, 1.82) is 0 Å². The van der Waals surface area contributed by atoms with Gasteiger partial charge in [0.05, 0.1) is 33.5 Å². The van der Waals surface area contributed by atoms with Crippen LogP contribution in [0.4, 0.5) is 34.1 Å². The van der Waals surface area contributed by atoms with Crippen LogP contribution < -0.4 is 9.80 Å². The molecule has 0 atom stereocenters. The highest BCUT2D eigenvalue weighted by Gasteiger charge is 2.52. The van der Waals surface area contributed by atoms with Crippen LogP contribution in [0.1, 0.15) is 22.3 Å². The van der Waals surface area contributed by atoms with Gasteiger partial charge in [-0.25, -0.2) is 0 Å². The first-order chi connectivity index (χ1) is 37.7. The molecule has 1 aliphatic heterocycles. The van der Waals surface area contributed by atoms with Gasteiger partial charge in [-0.2, -0.15) is 0 Å². The second-order valence-electron chi connectivity index (χ2n) is 20.0. The lowest BCUT2D eigenvalue weighted by molar-refractivity contribution is 0.752. The lowest BCUT2D eigenvalue weighted by atomic mass is 9.64. The van der Waals surface area contributed by atoms with Crippen molar-refractivity contribution in [2.24, 2.45) is 0 Å². The van der Waals surface area contributed by atoms with Crippen LogP contribution in [0, 0.1) is 0 Å². The fraction of sp³-hybridized carbons (Fsp3) is 0.0137. The summed E-state index contributed by atoms with van der Waals surface area (Å²) in [5.41, 5.74) is 24.4. The molecule has 0 saturated heterocycles. The molecule has 2 heterocycles. The van der Waals surface area contributed by atoms with E-state index in [1.807, 2.05) is 0 Å². The Morgan fingerprint density at radius 1 is 0.276 bits per heavy atom. The maximum atomic E-state index is 2.50. The lowest BCUT2D eigenvalue weighted by Crippen LogP contribution is -2.36. The van der Waals surface area contributed by atoms with Crippen molar-refractivity contribution in [2.45, 2.75) is 5.41 Å². The molecule has 76 heavy (non-hydrogen) atoms. The SMILES string of the molecule is c1ccc(-c2ccc(-c3ccccc3N(c3ccc(-c4ccc5c(c4)c4ccccc4n5-c4ccccc4)cc3)c3ccc4c(c3)C3(c5ccccc5-4)c4ccccc4N(c4ccccc4)c4ccccc43)cc2)cc1. The van der Waals surface area contributed by atoms with Crippen LogP contribution in [0.2, 0.25) is 0 Å². The molecule has 15 rings (SSSR count). The molecule has 0 fully saturated rings. The summed E-state index contributed by atoms with van der Waals surface area (Å²) >= 11 is 0. The number of anilines is 6. The number of hydrogen-bond acceptors (Lipinski definition) is 2. The smallest absolute Gasteiger partial charge is 0.0755 e. The Kier molecular flexibility index (Phi) is 10.1. The Bertz CT molecular complexity index is 4280. The molecule has 12 aromatic carbocycles. The van der Waals surface area contributed by atoms with Crippen LogP contribution >= 0.6 is 0 Å². The van der Waals surface area contributed by atoms with E-state index in [0.717, 1.165) is 45.1 Å². The molecule has 0 unspecified atom stereocenters. The molecule has 1 aromatic heterocycles. The average Bonchev–Trinajstić information content (AvgIpc) is 3.99. The predicted octanol–water partition coefficient (Wildman–Crippen LogP) is 19.4. The van der Waals surface area contributed by atoms with Crippen molar-refractivity contribution >= 4 is 55.9 Å². The summed E-state index contributed by atoms with van der Waals surface area (Å²) in [6.45, 7) is 0. The number of nitrogens with zero attached hydrogens (tertiary/aromatic N) is 3. The van der Waals surface area contributed by atoms with Gasteiger partial charge in [-0.1, -0.05) is 212 Å². The van der Waals surface area contributed by atoms with Gasteiger partial charge in [-0.15, -0.1) is 0 Å². The Labute approximate surface area is 443 Å².